The molecule has 1 heterocycles. The van der Waals surface area contributed by atoms with Crippen molar-refractivity contribution < 1.29 is 9.53 Å². The number of aromatic nitrogens is 1. The molecule has 26 heavy (non-hydrogen) atoms. The van der Waals surface area contributed by atoms with Crippen molar-refractivity contribution in [2.45, 2.75) is 20.3 Å². The highest BCUT2D eigenvalue weighted by Crippen LogP contribution is 2.27. The van der Waals surface area contributed by atoms with Gasteiger partial charge in [-0.2, -0.15) is 4.99 Å². The van der Waals surface area contributed by atoms with Crippen molar-refractivity contribution in [3.05, 3.63) is 69.3 Å². The Morgan fingerprint density at radius 2 is 1.92 bits per heavy atom. The average molecular weight is 366 g/mol. The van der Waals surface area contributed by atoms with E-state index in [0.29, 0.717) is 10.4 Å². The molecule has 0 N–H and O–H groups in total. The molecule has 0 radical (unpaired) electrons. The maximum absolute atomic E-state index is 12.6. The van der Waals surface area contributed by atoms with Crippen LogP contribution >= 0.6 is 11.3 Å². The fourth-order valence-corrected chi connectivity index (χ4v) is 3.95. The molecule has 3 rings (SSSR count). The second-order valence-electron chi connectivity index (χ2n) is 6.08. The molecule has 0 unspecified atom stereocenters. The lowest BCUT2D eigenvalue weighted by molar-refractivity contribution is 0.0998. The van der Waals surface area contributed by atoms with Gasteiger partial charge in [0, 0.05) is 17.5 Å². The molecule has 5 heteroatoms. The molecule has 0 aliphatic carbocycles. The second-order valence-corrected chi connectivity index (χ2v) is 7.15. The summed E-state index contributed by atoms with van der Waals surface area (Å²) in [6.07, 6.45) is 0.883. The van der Waals surface area contributed by atoms with E-state index >= 15 is 0 Å². The molecule has 0 fully saturated rings. The van der Waals surface area contributed by atoms with Gasteiger partial charge in [-0.1, -0.05) is 24.6 Å². The fraction of sp³-hybridized carbons (Fsp3) is 0.238. The van der Waals surface area contributed by atoms with Crippen LogP contribution in [-0.4, -0.2) is 17.6 Å². The summed E-state index contributed by atoms with van der Waals surface area (Å²) in [6.45, 7) is 4.09. The van der Waals surface area contributed by atoms with E-state index < -0.39 is 0 Å². The van der Waals surface area contributed by atoms with Crippen LogP contribution in [0.2, 0.25) is 0 Å². The molecule has 0 bridgehead atoms. The predicted octanol–water partition coefficient (Wildman–Crippen LogP) is 4.37. The molecule has 1 aromatic heterocycles. The number of hydrogen-bond donors (Lipinski definition) is 0. The SMILES string of the molecule is CCc1sc(=NC(=O)c2cccc(C)c2)n(C)c1-c1ccc(OC)cc1. The second kappa shape index (κ2) is 7.70. The van der Waals surface area contributed by atoms with Crippen LogP contribution in [0.25, 0.3) is 11.3 Å². The number of thiazole rings is 1. The zero-order chi connectivity index (χ0) is 18.7. The van der Waals surface area contributed by atoms with Crippen molar-refractivity contribution in [1.29, 1.82) is 0 Å². The highest BCUT2D eigenvalue weighted by Gasteiger charge is 2.13. The largest absolute Gasteiger partial charge is 0.497 e. The molecule has 0 aliphatic heterocycles. The first kappa shape index (κ1) is 18.1. The van der Waals surface area contributed by atoms with Crippen molar-refractivity contribution in [2.75, 3.05) is 7.11 Å². The summed E-state index contributed by atoms with van der Waals surface area (Å²) in [5.74, 6) is 0.610. The van der Waals surface area contributed by atoms with Crippen LogP contribution in [-0.2, 0) is 13.5 Å². The van der Waals surface area contributed by atoms with Gasteiger partial charge in [0.1, 0.15) is 5.75 Å². The zero-order valence-electron chi connectivity index (χ0n) is 15.4. The number of methoxy groups -OCH3 is 1. The van der Waals surface area contributed by atoms with Gasteiger partial charge in [0.25, 0.3) is 5.91 Å². The van der Waals surface area contributed by atoms with Crippen LogP contribution < -0.4 is 9.54 Å². The van der Waals surface area contributed by atoms with E-state index in [1.54, 1.807) is 24.5 Å². The molecular weight excluding hydrogens is 344 g/mol. The summed E-state index contributed by atoms with van der Waals surface area (Å²) >= 11 is 1.56. The summed E-state index contributed by atoms with van der Waals surface area (Å²) in [7, 11) is 3.61. The Labute approximate surface area is 157 Å². The number of rotatable bonds is 4. The topological polar surface area (TPSA) is 43.6 Å². The van der Waals surface area contributed by atoms with Gasteiger partial charge in [-0.15, -0.1) is 11.3 Å². The van der Waals surface area contributed by atoms with Crippen molar-refractivity contribution in [3.8, 4) is 17.0 Å². The average Bonchev–Trinajstić information content (AvgIpc) is 2.97. The van der Waals surface area contributed by atoms with E-state index in [9.17, 15) is 4.79 Å². The van der Waals surface area contributed by atoms with Gasteiger partial charge in [-0.05, 0) is 55.3 Å². The molecule has 3 aromatic rings. The predicted molar refractivity (Wildman–Crippen MR) is 106 cm³/mol. The zero-order valence-corrected chi connectivity index (χ0v) is 16.3. The first-order valence-electron chi connectivity index (χ1n) is 8.52. The number of ether oxygens (including phenoxy) is 1. The van der Waals surface area contributed by atoms with Crippen molar-refractivity contribution in [2.24, 2.45) is 12.0 Å². The van der Waals surface area contributed by atoms with Gasteiger partial charge in [-0.25, -0.2) is 0 Å². The van der Waals surface area contributed by atoms with Crippen molar-refractivity contribution in [1.82, 2.24) is 4.57 Å². The minimum atomic E-state index is -0.213. The Morgan fingerprint density at radius 1 is 1.19 bits per heavy atom. The monoisotopic (exact) mass is 366 g/mol. The highest BCUT2D eigenvalue weighted by atomic mass is 32.1. The number of nitrogens with zero attached hydrogens (tertiary/aromatic N) is 2. The lowest BCUT2D eigenvalue weighted by Gasteiger charge is -2.07. The molecule has 0 saturated heterocycles. The molecule has 1 amide bonds. The first-order valence-corrected chi connectivity index (χ1v) is 9.34. The third kappa shape index (κ3) is 3.63. The Kier molecular flexibility index (Phi) is 5.38. The van der Waals surface area contributed by atoms with E-state index in [4.69, 9.17) is 4.74 Å². The van der Waals surface area contributed by atoms with Gasteiger partial charge in [0.2, 0.25) is 0 Å². The number of carbonyl (C=O) groups excluding carboxylic acids is 1. The summed E-state index contributed by atoms with van der Waals surface area (Å²) in [5.41, 5.74) is 3.85. The van der Waals surface area contributed by atoms with Gasteiger partial charge >= 0.3 is 0 Å². The molecule has 134 valence electrons. The molecule has 0 spiro atoms. The summed E-state index contributed by atoms with van der Waals surface area (Å²) in [6, 6.07) is 15.5. The minimum absolute atomic E-state index is 0.213. The number of carbonyl (C=O) groups is 1. The Morgan fingerprint density at radius 3 is 2.54 bits per heavy atom. The Bertz CT molecular complexity index is 998. The van der Waals surface area contributed by atoms with Crippen molar-refractivity contribution in [3.63, 3.8) is 0 Å². The van der Waals surface area contributed by atoms with Crippen LogP contribution in [0.4, 0.5) is 0 Å². The number of amides is 1. The molecule has 4 nitrogen and oxygen atoms in total. The van der Waals surface area contributed by atoms with E-state index in [-0.39, 0.29) is 5.91 Å². The maximum Gasteiger partial charge on any atom is 0.279 e. The third-order valence-electron chi connectivity index (χ3n) is 4.25. The summed E-state index contributed by atoms with van der Waals surface area (Å²) in [4.78, 5) is 18.8. The number of hydrogen-bond acceptors (Lipinski definition) is 3. The molecular formula is C21H22N2O2S. The van der Waals surface area contributed by atoms with E-state index in [0.717, 1.165) is 29.0 Å². The lowest BCUT2D eigenvalue weighted by Crippen LogP contribution is -2.14. The third-order valence-corrected chi connectivity index (χ3v) is 5.52. The molecule has 0 saturated carbocycles. The van der Waals surface area contributed by atoms with E-state index in [1.807, 2.05) is 61.0 Å². The molecule has 0 aliphatic rings. The minimum Gasteiger partial charge on any atom is -0.497 e. The van der Waals surface area contributed by atoms with Crippen LogP contribution in [0, 0.1) is 6.92 Å². The number of aryl methyl sites for hydroxylation is 2. The quantitative estimate of drug-likeness (QED) is 0.688. The Hall–Kier alpha value is -2.66. The number of benzene rings is 2. The van der Waals surface area contributed by atoms with Gasteiger partial charge in [0.05, 0.1) is 12.8 Å². The molecule has 0 atom stereocenters. The van der Waals surface area contributed by atoms with Gasteiger partial charge in [-0.3, -0.25) is 4.79 Å². The van der Waals surface area contributed by atoms with Crippen molar-refractivity contribution >= 4 is 17.2 Å². The lowest BCUT2D eigenvalue weighted by atomic mass is 10.1. The normalized spacial score (nSPS) is 11.6. The molecule has 2 aromatic carbocycles. The Balaban J connectivity index is 2.06. The van der Waals surface area contributed by atoms with E-state index in [2.05, 4.69) is 11.9 Å². The van der Waals surface area contributed by atoms with E-state index in [1.165, 1.54) is 4.88 Å². The van der Waals surface area contributed by atoms with Crippen LogP contribution in [0.15, 0.2) is 53.5 Å². The van der Waals surface area contributed by atoms with Crippen LogP contribution in [0.5, 0.6) is 5.75 Å². The highest BCUT2D eigenvalue weighted by molar-refractivity contribution is 7.09. The van der Waals surface area contributed by atoms with Crippen LogP contribution in [0.1, 0.15) is 27.7 Å². The smallest absolute Gasteiger partial charge is 0.279 e. The van der Waals surface area contributed by atoms with Gasteiger partial charge < -0.3 is 9.30 Å². The summed E-state index contributed by atoms with van der Waals surface area (Å²) in [5, 5.41) is 0. The van der Waals surface area contributed by atoms with Gasteiger partial charge in [0.15, 0.2) is 4.80 Å². The maximum atomic E-state index is 12.6. The fourth-order valence-electron chi connectivity index (χ4n) is 2.88. The first-order chi connectivity index (χ1) is 12.5. The summed E-state index contributed by atoms with van der Waals surface area (Å²) < 4.78 is 7.24. The van der Waals surface area contributed by atoms with Crippen LogP contribution in [0.3, 0.4) is 0 Å². The standard InChI is InChI=1S/C21H22N2O2S/c1-5-18-19(15-9-11-17(25-4)12-10-15)23(3)21(26-18)22-20(24)16-8-6-7-14(2)13-16/h6-13H,5H2,1-4H3.